The summed E-state index contributed by atoms with van der Waals surface area (Å²) in [6, 6.07) is 8.03. The molecule has 9 atom stereocenters. The number of sulfone groups is 1. The number of fused-ring (bicyclic) bond motifs is 1. The van der Waals surface area contributed by atoms with Crippen LogP contribution in [0, 0.1) is 23.7 Å². The van der Waals surface area contributed by atoms with E-state index in [1.807, 2.05) is 33.8 Å². The van der Waals surface area contributed by atoms with Crippen LogP contribution in [0.4, 0.5) is 0 Å². The maximum Gasteiger partial charge on any atom is 0.246 e. The topological polar surface area (TPSA) is 258 Å². The second kappa shape index (κ2) is 26.4. The predicted octanol–water partition coefficient (Wildman–Crippen LogP) is 2.10. The lowest BCUT2D eigenvalue weighted by Gasteiger charge is -2.32. The van der Waals surface area contributed by atoms with Crippen molar-refractivity contribution in [2.45, 2.75) is 155 Å². The number of hydrogen-bond donors (Lipinski definition) is 7. The molecular weight excluding hydrogens is 917 g/mol. The first-order valence-corrected chi connectivity index (χ1v) is 26.7. The highest BCUT2D eigenvalue weighted by molar-refractivity contribution is 7.90. The van der Waals surface area contributed by atoms with E-state index < -0.39 is 123 Å². The molecule has 2 aliphatic heterocycles. The molecule has 70 heavy (non-hydrogen) atoms. The molecule has 18 nitrogen and oxygen atoms in total. The fourth-order valence-corrected chi connectivity index (χ4v) is 9.36. The lowest BCUT2D eigenvalue weighted by Crippen LogP contribution is -2.62. The third kappa shape index (κ3) is 17.2. The molecule has 0 radical (unpaired) electrons. The van der Waals surface area contributed by atoms with Gasteiger partial charge in [-0.25, -0.2) is 8.42 Å². The van der Waals surface area contributed by atoms with E-state index in [0.717, 1.165) is 11.8 Å². The van der Waals surface area contributed by atoms with Crippen LogP contribution in [0.1, 0.15) is 105 Å². The Morgan fingerprint density at radius 1 is 0.543 bits per heavy atom. The van der Waals surface area contributed by atoms with Crippen LogP contribution in [0.3, 0.4) is 0 Å². The normalized spacial score (nSPS) is 25.7. The first-order chi connectivity index (χ1) is 33.0. The van der Waals surface area contributed by atoms with Crippen molar-refractivity contribution in [3.05, 3.63) is 71.8 Å². The van der Waals surface area contributed by atoms with Gasteiger partial charge < -0.3 is 42.1 Å². The molecule has 2 aromatic carbocycles. The van der Waals surface area contributed by atoms with Crippen molar-refractivity contribution < 1.29 is 46.8 Å². The Hall–Kier alpha value is -5.85. The summed E-state index contributed by atoms with van der Waals surface area (Å²) in [5.41, 5.74) is 1.40. The van der Waals surface area contributed by atoms with Crippen LogP contribution in [-0.2, 0) is 61.0 Å². The van der Waals surface area contributed by atoms with Gasteiger partial charge in [0, 0.05) is 25.6 Å². The van der Waals surface area contributed by atoms with Gasteiger partial charge in [0.25, 0.3) is 0 Å². The summed E-state index contributed by atoms with van der Waals surface area (Å²) in [6.45, 7) is 14.5. The van der Waals surface area contributed by atoms with Gasteiger partial charge in [0.05, 0.1) is 5.75 Å². The third-order valence-corrected chi connectivity index (χ3v) is 13.8. The highest BCUT2D eigenvalue weighted by Crippen LogP contribution is 2.22. The molecule has 8 amide bonds. The Bertz CT molecular complexity index is 2240. The van der Waals surface area contributed by atoms with E-state index in [1.165, 1.54) is 4.90 Å². The van der Waals surface area contributed by atoms with Gasteiger partial charge in [-0.3, -0.25) is 38.4 Å². The fraction of sp³-hybridized carbons (Fsp3) is 0.608. The summed E-state index contributed by atoms with van der Waals surface area (Å²) < 4.78 is 25.0. The summed E-state index contributed by atoms with van der Waals surface area (Å²) in [7, 11) is -3.68. The van der Waals surface area contributed by atoms with Crippen LogP contribution in [-0.4, -0.2) is 127 Å². The van der Waals surface area contributed by atoms with E-state index in [4.69, 9.17) is 0 Å². The summed E-state index contributed by atoms with van der Waals surface area (Å²) in [5, 5.41) is 19.5. The number of benzene rings is 2. The molecule has 2 saturated heterocycles. The van der Waals surface area contributed by atoms with Crippen LogP contribution in [0.25, 0.3) is 0 Å². The molecule has 0 saturated carbocycles. The lowest BCUT2D eigenvalue weighted by atomic mass is 9.96. The van der Waals surface area contributed by atoms with Gasteiger partial charge in [-0.05, 0) is 66.9 Å². The summed E-state index contributed by atoms with van der Waals surface area (Å²) in [5.74, 6) is -7.46. The van der Waals surface area contributed by atoms with Gasteiger partial charge in [0.1, 0.15) is 58.2 Å². The van der Waals surface area contributed by atoms with Crippen molar-refractivity contribution in [2.24, 2.45) is 23.7 Å². The molecule has 2 heterocycles. The van der Waals surface area contributed by atoms with Crippen LogP contribution >= 0.6 is 0 Å². The highest BCUT2D eigenvalue weighted by Gasteiger charge is 2.41. The van der Waals surface area contributed by atoms with Crippen LogP contribution < -0.4 is 37.2 Å². The predicted molar refractivity (Wildman–Crippen MR) is 266 cm³/mol. The number of nitrogens with one attached hydrogen (secondary N) is 7. The maximum absolute atomic E-state index is 14.7. The molecule has 0 aromatic heterocycles. The van der Waals surface area contributed by atoms with Crippen molar-refractivity contribution in [1.82, 2.24) is 42.1 Å². The molecule has 4 rings (SSSR count). The van der Waals surface area contributed by atoms with Gasteiger partial charge in [0.2, 0.25) is 47.3 Å². The van der Waals surface area contributed by atoms with E-state index in [2.05, 4.69) is 37.2 Å². The molecule has 19 heteroatoms. The zero-order valence-corrected chi connectivity index (χ0v) is 43.0. The molecule has 2 aromatic rings. The standard InChI is InChI=1S/C51H76N8O10S/c1-10-33(8)43-50(66)52-36(23-25-70(9,68)69)44(60)53-38(27-31(4)5)46(62)57-42(32(6)7)49(65)56-40(29-35-20-15-12-16-21-35)51(67)59-24-17-22-41(59)48(64)55-37(26-30(2)3)45(61)54-39(47(63)58-43)28-34-18-13-11-14-19-34/h11-16,18-21,30-33,36-43H,10,17,22-29H2,1-9H3,(H,52,66)(H,53,60)(H,54,61)(H,55,64)(H,56,65)(H,57,62)(H,58,63). The van der Waals surface area contributed by atoms with Crippen molar-refractivity contribution in [3.63, 3.8) is 0 Å². The minimum absolute atomic E-state index is 0.00854. The summed E-state index contributed by atoms with van der Waals surface area (Å²) in [6.07, 6.45) is 2.02. The second-order valence-electron chi connectivity index (χ2n) is 20.2. The molecule has 386 valence electrons. The Morgan fingerprint density at radius 3 is 1.49 bits per heavy atom. The third-order valence-electron chi connectivity index (χ3n) is 12.8. The fourth-order valence-electron chi connectivity index (χ4n) is 8.70. The smallest absolute Gasteiger partial charge is 0.246 e. The van der Waals surface area contributed by atoms with Crippen LogP contribution in [0.2, 0.25) is 0 Å². The second-order valence-corrected chi connectivity index (χ2v) is 22.4. The Morgan fingerprint density at radius 2 is 0.971 bits per heavy atom. The van der Waals surface area contributed by atoms with Crippen LogP contribution in [0.15, 0.2) is 60.7 Å². The number of nitrogens with zero attached hydrogens (tertiary/aromatic N) is 1. The number of amides is 8. The molecule has 0 bridgehead atoms. The highest BCUT2D eigenvalue weighted by atomic mass is 32.2. The molecule has 2 aliphatic rings. The Labute approximate surface area is 413 Å². The zero-order valence-electron chi connectivity index (χ0n) is 42.2. The van der Waals surface area contributed by atoms with E-state index in [-0.39, 0.29) is 56.9 Å². The van der Waals surface area contributed by atoms with E-state index in [1.54, 1.807) is 82.3 Å². The summed E-state index contributed by atoms with van der Waals surface area (Å²) in [4.78, 5) is 117. The lowest BCUT2D eigenvalue weighted by molar-refractivity contribution is -0.143. The first-order valence-electron chi connectivity index (χ1n) is 24.7. The minimum atomic E-state index is -3.68. The average molecular weight is 993 g/mol. The Kier molecular flexibility index (Phi) is 21.4. The number of carbonyl (C=O) groups excluding carboxylic acids is 8. The minimum Gasteiger partial charge on any atom is -0.343 e. The van der Waals surface area contributed by atoms with E-state index in [9.17, 15) is 46.8 Å². The van der Waals surface area contributed by atoms with Gasteiger partial charge >= 0.3 is 0 Å². The van der Waals surface area contributed by atoms with Crippen molar-refractivity contribution in [2.75, 3.05) is 18.6 Å². The van der Waals surface area contributed by atoms with Crippen LogP contribution in [0.5, 0.6) is 0 Å². The van der Waals surface area contributed by atoms with E-state index in [0.29, 0.717) is 18.4 Å². The van der Waals surface area contributed by atoms with Crippen molar-refractivity contribution >= 4 is 57.1 Å². The first kappa shape index (κ1) is 56.7. The SMILES string of the molecule is CCC(C)C1NC(=O)C(Cc2ccccc2)NC(=O)C(CC(C)C)NC(=O)C2CCCN2C(=O)C(Cc2ccccc2)NC(=O)C(C(C)C)NC(=O)C(CC(C)C)NC(=O)C(CCS(C)(=O)=O)NC1=O. The zero-order chi connectivity index (χ0) is 51.9. The summed E-state index contributed by atoms with van der Waals surface area (Å²) >= 11 is 0. The molecule has 0 aliphatic carbocycles. The van der Waals surface area contributed by atoms with Gasteiger partial charge in [0.15, 0.2) is 0 Å². The van der Waals surface area contributed by atoms with Crippen molar-refractivity contribution in [1.29, 1.82) is 0 Å². The number of carbonyl (C=O) groups is 8. The van der Waals surface area contributed by atoms with Gasteiger partial charge in [-0.15, -0.1) is 0 Å². The Balaban J connectivity index is 1.86. The molecular formula is C51H76N8O10S. The van der Waals surface area contributed by atoms with Gasteiger partial charge in [-0.1, -0.05) is 122 Å². The molecule has 2 fully saturated rings. The largest absolute Gasteiger partial charge is 0.343 e. The molecule has 0 spiro atoms. The maximum atomic E-state index is 14.7. The number of hydrogen-bond acceptors (Lipinski definition) is 10. The average Bonchev–Trinajstić information content (AvgIpc) is 3.80. The van der Waals surface area contributed by atoms with Crippen molar-refractivity contribution in [3.8, 4) is 0 Å². The molecule has 7 N–H and O–H groups in total. The van der Waals surface area contributed by atoms with E-state index >= 15 is 0 Å². The molecule has 9 unspecified atom stereocenters. The monoisotopic (exact) mass is 993 g/mol. The quantitative estimate of drug-likeness (QED) is 0.145. The number of rotatable bonds is 14. The van der Waals surface area contributed by atoms with Gasteiger partial charge in [-0.2, -0.15) is 0 Å².